The zero-order valence-corrected chi connectivity index (χ0v) is 14.8. The van der Waals surface area contributed by atoms with Crippen molar-refractivity contribution in [3.8, 4) is 0 Å². The third kappa shape index (κ3) is 8.94. The molecule has 23 heavy (non-hydrogen) atoms. The van der Waals surface area contributed by atoms with Crippen molar-refractivity contribution >= 4 is 11.9 Å². The Hall–Kier alpha value is -1.10. The van der Waals surface area contributed by atoms with Crippen LogP contribution in [0.5, 0.6) is 0 Å². The molecule has 0 atom stereocenters. The standard InChI is InChI=1S/C18H33NO4/c1-3-23-18(21)12-14-19(13-7-15-22-2)17(20)11-10-16-8-5-4-6-9-16/h16H,3-15H2,1-2H3. The molecule has 1 aliphatic carbocycles. The molecule has 0 aromatic rings. The van der Waals surface area contributed by atoms with Gasteiger partial charge >= 0.3 is 5.97 Å². The van der Waals surface area contributed by atoms with Gasteiger partial charge in [-0.25, -0.2) is 0 Å². The van der Waals surface area contributed by atoms with E-state index in [4.69, 9.17) is 9.47 Å². The summed E-state index contributed by atoms with van der Waals surface area (Å²) < 4.78 is 10.0. The second-order valence-electron chi connectivity index (χ2n) is 6.32. The van der Waals surface area contributed by atoms with Crippen molar-refractivity contribution in [1.29, 1.82) is 0 Å². The second-order valence-corrected chi connectivity index (χ2v) is 6.32. The van der Waals surface area contributed by atoms with E-state index in [0.717, 1.165) is 12.8 Å². The van der Waals surface area contributed by atoms with Crippen molar-refractivity contribution in [2.24, 2.45) is 5.92 Å². The first-order valence-corrected chi connectivity index (χ1v) is 9.09. The summed E-state index contributed by atoms with van der Waals surface area (Å²) in [6, 6.07) is 0. The van der Waals surface area contributed by atoms with Crippen LogP contribution in [0.15, 0.2) is 0 Å². The largest absolute Gasteiger partial charge is 0.466 e. The number of methoxy groups -OCH3 is 1. The van der Waals surface area contributed by atoms with Gasteiger partial charge in [-0.15, -0.1) is 0 Å². The molecule has 1 saturated carbocycles. The van der Waals surface area contributed by atoms with Gasteiger partial charge in [0.05, 0.1) is 13.0 Å². The van der Waals surface area contributed by atoms with Gasteiger partial charge in [0.25, 0.3) is 0 Å². The molecule has 1 rings (SSSR count). The molecule has 0 aliphatic heterocycles. The summed E-state index contributed by atoms with van der Waals surface area (Å²) >= 11 is 0. The van der Waals surface area contributed by atoms with E-state index in [1.807, 2.05) is 0 Å². The van der Waals surface area contributed by atoms with Crippen LogP contribution in [0.2, 0.25) is 0 Å². The van der Waals surface area contributed by atoms with Crippen molar-refractivity contribution in [3.05, 3.63) is 0 Å². The fraction of sp³-hybridized carbons (Fsp3) is 0.889. The van der Waals surface area contributed by atoms with E-state index in [1.165, 1.54) is 32.1 Å². The second kappa shape index (κ2) is 12.3. The smallest absolute Gasteiger partial charge is 0.307 e. The highest BCUT2D eigenvalue weighted by molar-refractivity contribution is 5.77. The van der Waals surface area contributed by atoms with Gasteiger partial charge in [-0.2, -0.15) is 0 Å². The molecule has 0 N–H and O–H groups in total. The molecule has 5 heteroatoms. The van der Waals surface area contributed by atoms with Gasteiger partial charge < -0.3 is 14.4 Å². The molecule has 0 bridgehead atoms. The van der Waals surface area contributed by atoms with Crippen LogP contribution in [-0.2, 0) is 19.1 Å². The van der Waals surface area contributed by atoms with Crippen molar-refractivity contribution in [2.45, 2.75) is 64.7 Å². The van der Waals surface area contributed by atoms with Gasteiger partial charge in [0, 0.05) is 33.2 Å². The molecule has 5 nitrogen and oxygen atoms in total. The van der Waals surface area contributed by atoms with E-state index >= 15 is 0 Å². The third-order valence-corrected chi connectivity index (χ3v) is 4.51. The van der Waals surface area contributed by atoms with E-state index in [1.54, 1.807) is 18.9 Å². The average molecular weight is 327 g/mol. The first-order chi connectivity index (χ1) is 11.2. The molecule has 1 fully saturated rings. The normalized spacial score (nSPS) is 15.4. The highest BCUT2D eigenvalue weighted by Gasteiger charge is 2.19. The van der Waals surface area contributed by atoms with E-state index in [-0.39, 0.29) is 18.3 Å². The topological polar surface area (TPSA) is 55.8 Å². The predicted octanol–water partition coefficient (Wildman–Crippen LogP) is 3.17. The third-order valence-electron chi connectivity index (χ3n) is 4.51. The number of hydrogen-bond donors (Lipinski definition) is 0. The van der Waals surface area contributed by atoms with Crippen LogP contribution in [0.1, 0.15) is 64.7 Å². The van der Waals surface area contributed by atoms with Crippen LogP contribution in [0.25, 0.3) is 0 Å². The Balaban J connectivity index is 2.37. The lowest BCUT2D eigenvalue weighted by molar-refractivity contribution is -0.144. The number of esters is 1. The molecule has 0 unspecified atom stereocenters. The van der Waals surface area contributed by atoms with Crippen molar-refractivity contribution in [2.75, 3.05) is 33.4 Å². The van der Waals surface area contributed by atoms with Crippen LogP contribution < -0.4 is 0 Å². The zero-order valence-electron chi connectivity index (χ0n) is 14.8. The number of ether oxygens (including phenoxy) is 2. The Morgan fingerprint density at radius 1 is 1.09 bits per heavy atom. The molecule has 1 amide bonds. The highest BCUT2D eigenvalue weighted by atomic mass is 16.5. The Labute approximate surface area is 140 Å². The fourth-order valence-corrected chi connectivity index (χ4v) is 3.18. The van der Waals surface area contributed by atoms with E-state index in [9.17, 15) is 9.59 Å². The number of hydrogen-bond acceptors (Lipinski definition) is 4. The summed E-state index contributed by atoms with van der Waals surface area (Å²) in [7, 11) is 1.66. The number of carbonyl (C=O) groups excluding carboxylic acids is 2. The molecule has 0 saturated heterocycles. The van der Waals surface area contributed by atoms with Gasteiger partial charge in [-0.3, -0.25) is 9.59 Å². The van der Waals surface area contributed by atoms with Crippen LogP contribution in [0.3, 0.4) is 0 Å². The van der Waals surface area contributed by atoms with Crippen molar-refractivity contribution in [1.82, 2.24) is 4.90 Å². The molecule has 1 aliphatic rings. The minimum Gasteiger partial charge on any atom is -0.466 e. The summed E-state index contributed by atoms with van der Waals surface area (Å²) in [5.41, 5.74) is 0. The van der Waals surface area contributed by atoms with Crippen LogP contribution in [0.4, 0.5) is 0 Å². The Morgan fingerprint density at radius 2 is 1.83 bits per heavy atom. The molecule has 134 valence electrons. The minimum absolute atomic E-state index is 0.163. The quantitative estimate of drug-likeness (QED) is 0.432. The van der Waals surface area contributed by atoms with Gasteiger partial charge in [-0.05, 0) is 25.7 Å². The summed E-state index contributed by atoms with van der Waals surface area (Å²) in [6.45, 7) is 3.91. The van der Waals surface area contributed by atoms with Gasteiger partial charge in [0.15, 0.2) is 0 Å². The summed E-state index contributed by atoms with van der Waals surface area (Å²) in [5, 5.41) is 0. The highest BCUT2D eigenvalue weighted by Crippen LogP contribution is 2.27. The average Bonchev–Trinajstić information content (AvgIpc) is 2.57. The first-order valence-electron chi connectivity index (χ1n) is 9.09. The predicted molar refractivity (Wildman–Crippen MR) is 90.1 cm³/mol. The van der Waals surface area contributed by atoms with Gasteiger partial charge in [-0.1, -0.05) is 32.1 Å². The molecule has 0 heterocycles. The molecular weight excluding hydrogens is 294 g/mol. The van der Waals surface area contributed by atoms with Crippen molar-refractivity contribution < 1.29 is 19.1 Å². The lowest BCUT2D eigenvalue weighted by Gasteiger charge is -2.25. The fourth-order valence-electron chi connectivity index (χ4n) is 3.18. The van der Waals surface area contributed by atoms with Crippen LogP contribution in [0, 0.1) is 5.92 Å². The van der Waals surface area contributed by atoms with Crippen LogP contribution in [-0.4, -0.2) is 50.2 Å². The molecule has 0 spiro atoms. The molecule has 0 aromatic carbocycles. The zero-order chi connectivity index (χ0) is 16.9. The lowest BCUT2D eigenvalue weighted by atomic mass is 9.86. The summed E-state index contributed by atoms with van der Waals surface area (Å²) in [5.74, 6) is 0.638. The summed E-state index contributed by atoms with van der Waals surface area (Å²) in [4.78, 5) is 25.8. The number of amides is 1. The lowest BCUT2D eigenvalue weighted by Crippen LogP contribution is -2.34. The van der Waals surface area contributed by atoms with Gasteiger partial charge in [0.1, 0.15) is 0 Å². The SMILES string of the molecule is CCOC(=O)CCN(CCCOC)C(=O)CCC1CCCCC1. The molecule has 0 aromatic heterocycles. The first kappa shape index (κ1) is 19.9. The Bertz CT molecular complexity index is 340. The van der Waals surface area contributed by atoms with Crippen LogP contribution >= 0.6 is 0 Å². The minimum atomic E-state index is -0.232. The molecule has 0 radical (unpaired) electrons. The maximum absolute atomic E-state index is 12.5. The number of nitrogens with zero attached hydrogens (tertiary/aromatic N) is 1. The maximum Gasteiger partial charge on any atom is 0.307 e. The van der Waals surface area contributed by atoms with E-state index in [0.29, 0.717) is 38.6 Å². The van der Waals surface area contributed by atoms with E-state index < -0.39 is 0 Å². The van der Waals surface area contributed by atoms with Crippen molar-refractivity contribution in [3.63, 3.8) is 0 Å². The Kier molecular flexibility index (Phi) is 10.7. The van der Waals surface area contributed by atoms with Gasteiger partial charge in [0.2, 0.25) is 5.91 Å². The number of carbonyl (C=O) groups is 2. The monoisotopic (exact) mass is 327 g/mol. The number of rotatable bonds is 11. The Morgan fingerprint density at radius 3 is 2.48 bits per heavy atom. The summed E-state index contributed by atoms with van der Waals surface area (Å²) in [6.07, 6.45) is 9.13. The van der Waals surface area contributed by atoms with E-state index in [2.05, 4.69) is 0 Å². The molecular formula is C18H33NO4. The maximum atomic E-state index is 12.5.